The van der Waals surface area contributed by atoms with E-state index in [1.54, 1.807) is 25.1 Å². The zero-order valence-corrected chi connectivity index (χ0v) is 10.4. The summed E-state index contributed by atoms with van der Waals surface area (Å²) in [5.74, 6) is -0.860. The lowest BCUT2D eigenvalue weighted by atomic mass is 10.1. The van der Waals surface area contributed by atoms with Gasteiger partial charge in [-0.25, -0.2) is 9.59 Å². The highest BCUT2D eigenvalue weighted by atomic mass is 16.5. The van der Waals surface area contributed by atoms with Crippen molar-refractivity contribution in [1.82, 2.24) is 0 Å². The Morgan fingerprint density at radius 3 is 2.28 bits per heavy atom. The van der Waals surface area contributed by atoms with Gasteiger partial charge in [0.25, 0.3) is 0 Å². The molecule has 0 saturated carbocycles. The van der Waals surface area contributed by atoms with Gasteiger partial charge in [0, 0.05) is 0 Å². The van der Waals surface area contributed by atoms with Crippen molar-refractivity contribution in [3.63, 3.8) is 0 Å². The van der Waals surface area contributed by atoms with Gasteiger partial charge in [-0.15, -0.1) is 0 Å². The van der Waals surface area contributed by atoms with Crippen LogP contribution in [0.15, 0.2) is 40.0 Å². The van der Waals surface area contributed by atoms with Crippen molar-refractivity contribution in [1.29, 1.82) is 0 Å². The van der Waals surface area contributed by atoms with E-state index in [1.165, 1.54) is 26.6 Å². The molecule has 18 heavy (non-hydrogen) atoms. The van der Waals surface area contributed by atoms with Crippen molar-refractivity contribution in [3.05, 3.63) is 41.4 Å². The predicted molar refractivity (Wildman–Crippen MR) is 64.5 cm³/mol. The number of esters is 2. The van der Waals surface area contributed by atoms with E-state index in [2.05, 4.69) is 9.47 Å². The maximum atomic E-state index is 11.4. The number of ether oxygens (including phenoxy) is 2. The first-order chi connectivity index (χ1) is 8.58. The Morgan fingerprint density at radius 1 is 1.22 bits per heavy atom. The Morgan fingerprint density at radius 2 is 1.83 bits per heavy atom. The average molecular weight is 250 g/mol. The van der Waals surface area contributed by atoms with E-state index in [1.807, 2.05) is 0 Å². The van der Waals surface area contributed by atoms with E-state index < -0.39 is 11.9 Å². The summed E-state index contributed by atoms with van der Waals surface area (Å²) in [5.41, 5.74) is 0.496. The fraction of sp³-hybridized carbons (Fsp3) is 0.231. The van der Waals surface area contributed by atoms with Crippen molar-refractivity contribution >= 4 is 18.0 Å². The summed E-state index contributed by atoms with van der Waals surface area (Å²) in [5, 5.41) is 0. The van der Waals surface area contributed by atoms with Gasteiger partial charge in [-0.3, -0.25) is 0 Å². The highest BCUT2D eigenvalue weighted by Gasteiger charge is 2.19. The Labute approximate surface area is 105 Å². The Bertz CT molecular complexity index is 461. The van der Waals surface area contributed by atoms with E-state index in [0.29, 0.717) is 11.3 Å². The molecule has 0 N–H and O–H groups in total. The second-order valence-corrected chi connectivity index (χ2v) is 3.44. The minimum Gasteiger partial charge on any atom is -0.465 e. The third-order valence-corrected chi connectivity index (χ3v) is 2.10. The fourth-order valence-corrected chi connectivity index (χ4v) is 1.29. The number of methoxy groups -OCH3 is 2. The van der Waals surface area contributed by atoms with Crippen LogP contribution < -0.4 is 0 Å². The standard InChI is InChI=1S/C13H14O5/c1-9(7-10-5-4-6-18-10)8-11(12(14)16-2)13(15)17-3/h4-8H,1-3H3. The molecule has 1 heterocycles. The van der Waals surface area contributed by atoms with Gasteiger partial charge in [-0.1, -0.05) is 0 Å². The van der Waals surface area contributed by atoms with Gasteiger partial charge in [-0.05, 0) is 36.8 Å². The summed E-state index contributed by atoms with van der Waals surface area (Å²) in [6.07, 6.45) is 4.61. The average Bonchev–Trinajstić information content (AvgIpc) is 2.86. The molecule has 0 unspecified atom stereocenters. The van der Waals surface area contributed by atoms with Crippen molar-refractivity contribution < 1.29 is 23.5 Å². The van der Waals surface area contributed by atoms with E-state index in [-0.39, 0.29) is 5.57 Å². The Kier molecular flexibility index (Phi) is 4.92. The molecule has 5 nitrogen and oxygen atoms in total. The highest BCUT2D eigenvalue weighted by Crippen LogP contribution is 2.11. The van der Waals surface area contributed by atoms with Crippen LogP contribution in [-0.2, 0) is 19.1 Å². The molecule has 0 radical (unpaired) electrons. The molecule has 0 aliphatic rings. The van der Waals surface area contributed by atoms with Gasteiger partial charge >= 0.3 is 11.9 Å². The van der Waals surface area contributed by atoms with Crippen LogP contribution in [0.4, 0.5) is 0 Å². The van der Waals surface area contributed by atoms with E-state index in [9.17, 15) is 9.59 Å². The lowest BCUT2D eigenvalue weighted by Crippen LogP contribution is -2.15. The molecule has 0 atom stereocenters. The molecular weight excluding hydrogens is 236 g/mol. The monoisotopic (exact) mass is 250 g/mol. The van der Waals surface area contributed by atoms with E-state index >= 15 is 0 Å². The van der Waals surface area contributed by atoms with Crippen LogP contribution in [0.3, 0.4) is 0 Å². The minimum atomic E-state index is -0.742. The Balaban J connectivity index is 3.01. The number of carbonyl (C=O) groups is 2. The minimum absolute atomic E-state index is 0.166. The Hall–Kier alpha value is -2.30. The summed E-state index contributed by atoms with van der Waals surface area (Å²) >= 11 is 0. The number of hydrogen-bond acceptors (Lipinski definition) is 5. The maximum absolute atomic E-state index is 11.4. The molecule has 1 aromatic rings. The molecular formula is C13H14O5. The van der Waals surface area contributed by atoms with Crippen LogP contribution >= 0.6 is 0 Å². The molecule has 96 valence electrons. The lowest BCUT2D eigenvalue weighted by molar-refractivity contribution is -0.144. The highest BCUT2D eigenvalue weighted by molar-refractivity contribution is 6.14. The molecule has 0 amide bonds. The molecule has 0 fully saturated rings. The number of furan rings is 1. The second kappa shape index (κ2) is 6.44. The van der Waals surface area contributed by atoms with Gasteiger partial charge < -0.3 is 13.9 Å². The maximum Gasteiger partial charge on any atom is 0.345 e. The van der Waals surface area contributed by atoms with Crippen LogP contribution in [-0.4, -0.2) is 26.2 Å². The number of carbonyl (C=O) groups excluding carboxylic acids is 2. The summed E-state index contributed by atoms with van der Waals surface area (Å²) < 4.78 is 14.1. The van der Waals surface area contributed by atoms with E-state index in [0.717, 1.165) is 0 Å². The molecule has 1 rings (SSSR count). The van der Waals surface area contributed by atoms with Gasteiger partial charge in [0.05, 0.1) is 20.5 Å². The van der Waals surface area contributed by atoms with Crippen molar-refractivity contribution in [3.8, 4) is 0 Å². The van der Waals surface area contributed by atoms with E-state index in [4.69, 9.17) is 4.42 Å². The quantitative estimate of drug-likeness (QED) is 0.269. The third kappa shape index (κ3) is 3.62. The fourth-order valence-electron chi connectivity index (χ4n) is 1.29. The summed E-state index contributed by atoms with van der Waals surface area (Å²) in [4.78, 5) is 22.8. The van der Waals surface area contributed by atoms with Gasteiger partial charge in [0.15, 0.2) is 0 Å². The third-order valence-electron chi connectivity index (χ3n) is 2.10. The molecule has 0 aromatic carbocycles. The van der Waals surface area contributed by atoms with Gasteiger partial charge in [0.2, 0.25) is 0 Å². The molecule has 1 aromatic heterocycles. The molecule has 0 saturated heterocycles. The first-order valence-electron chi connectivity index (χ1n) is 5.18. The summed E-state index contributed by atoms with van der Waals surface area (Å²) in [6.45, 7) is 1.73. The van der Waals surface area contributed by atoms with Crippen LogP contribution in [0.5, 0.6) is 0 Å². The number of rotatable bonds is 4. The van der Waals surface area contributed by atoms with Gasteiger partial charge in [-0.2, -0.15) is 0 Å². The van der Waals surface area contributed by atoms with Crippen molar-refractivity contribution in [2.24, 2.45) is 0 Å². The van der Waals surface area contributed by atoms with Crippen LogP contribution in [0, 0.1) is 0 Å². The number of hydrogen-bond donors (Lipinski definition) is 0. The zero-order valence-electron chi connectivity index (χ0n) is 10.4. The second-order valence-electron chi connectivity index (χ2n) is 3.44. The normalized spacial score (nSPS) is 10.7. The van der Waals surface area contributed by atoms with Crippen LogP contribution in [0.2, 0.25) is 0 Å². The molecule has 0 aliphatic heterocycles. The van der Waals surface area contributed by atoms with Crippen molar-refractivity contribution in [2.45, 2.75) is 6.92 Å². The predicted octanol–water partition coefficient (Wildman–Crippen LogP) is 1.96. The molecule has 0 aliphatic carbocycles. The summed E-state index contributed by atoms with van der Waals surface area (Å²) in [6, 6.07) is 3.50. The SMILES string of the molecule is COC(=O)C(=CC(C)=Cc1ccco1)C(=O)OC. The molecule has 0 spiro atoms. The molecule has 5 heteroatoms. The lowest BCUT2D eigenvalue weighted by Gasteiger charge is -2.03. The smallest absolute Gasteiger partial charge is 0.345 e. The number of allylic oxidation sites excluding steroid dienone is 2. The first-order valence-corrected chi connectivity index (χ1v) is 5.18. The van der Waals surface area contributed by atoms with Crippen LogP contribution in [0.1, 0.15) is 12.7 Å². The summed E-state index contributed by atoms with van der Waals surface area (Å²) in [7, 11) is 2.40. The molecule has 0 bridgehead atoms. The first kappa shape index (κ1) is 13.8. The largest absolute Gasteiger partial charge is 0.465 e. The van der Waals surface area contributed by atoms with Crippen LogP contribution in [0.25, 0.3) is 6.08 Å². The van der Waals surface area contributed by atoms with Gasteiger partial charge in [0.1, 0.15) is 11.3 Å². The zero-order chi connectivity index (χ0) is 13.5. The van der Waals surface area contributed by atoms with Crippen molar-refractivity contribution in [2.75, 3.05) is 14.2 Å². The topological polar surface area (TPSA) is 65.7 Å².